The van der Waals surface area contributed by atoms with E-state index in [0.717, 1.165) is 4.70 Å². The molecule has 0 radical (unpaired) electrons. The van der Waals surface area contributed by atoms with Crippen LogP contribution >= 0.6 is 22.9 Å². The number of anilines is 1. The van der Waals surface area contributed by atoms with Gasteiger partial charge in [0, 0.05) is 10.4 Å². The van der Waals surface area contributed by atoms with Crippen molar-refractivity contribution in [3.8, 4) is 17.2 Å². The Balaban J connectivity index is 1.53. The van der Waals surface area contributed by atoms with E-state index in [9.17, 15) is 14.7 Å². The SMILES string of the molecule is COc1ccc(C2C(C(=O)c3cc4cccc(OC)c4o3)=C(O)C(=O)N2c2nc3ccc(Cl)cc3s2)cc1OC. The monoisotopic (exact) mass is 576 g/mol. The number of halogens is 1. The van der Waals surface area contributed by atoms with Crippen molar-refractivity contribution >= 4 is 60.9 Å². The van der Waals surface area contributed by atoms with Gasteiger partial charge in [0.15, 0.2) is 39.5 Å². The molecule has 0 spiro atoms. The van der Waals surface area contributed by atoms with Gasteiger partial charge < -0.3 is 23.7 Å². The van der Waals surface area contributed by atoms with Crippen LogP contribution in [-0.4, -0.2) is 43.1 Å². The van der Waals surface area contributed by atoms with Crippen molar-refractivity contribution in [2.24, 2.45) is 0 Å². The fourth-order valence-corrected chi connectivity index (χ4v) is 6.07. The Labute approximate surface area is 236 Å². The summed E-state index contributed by atoms with van der Waals surface area (Å²) < 4.78 is 22.9. The molecule has 6 rings (SSSR count). The standard InChI is InChI=1S/C29H21ClN2O7S/c1-36-18-10-7-14(11-20(18)38-3)24-23(25(33)21-12-15-5-4-6-19(37-2)27(15)39-21)26(34)28(35)32(24)29-31-17-9-8-16(30)13-22(17)40-29/h4-13,24,34H,1-3H3. The van der Waals surface area contributed by atoms with Crippen molar-refractivity contribution < 1.29 is 33.3 Å². The third-order valence-corrected chi connectivity index (χ3v) is 7.93. The summed E-state index contributed by atoms with van der Waals surface area (Å²) >= 11 is 7.39. The van der Waals surface area contributed by atoms with Crippen LogP contribution in [0.1, 0.15) is 22.2 Å². The van der Waals surface area contributed by atoms with Crippen molar-refractivity contribution in [3.63, 3.8) is 0 Å². The Morgan fingerprint density at radius 2 is 1.77 bits per heavy atom. The quantitative estimate of drug-likeness (QED) is 0.218. The Morgan fingerprint density at radius 3 is 2.52 bits per heavy atom. The number of hydrogen-bond acceptors (Lipinski definition) is 9. The van der Waals surface area contributed by atoms with E-state index < -0.39 is 23.5 Å². The zero-order chi connectivity index (χ0) is 28.1. The smallest absolute Gasteiger partial charge is 0.296 e. The normalized spacial score (nSPS) is 15.3. The number of ether oxygens (including phenoxy) is 3. The number of carbonyl (C=O) groups is 2. The number of fused-ring (bicyclic) bond motifs is 2. The van der Waals surface area contributed by atoms with Crippen molar-refractivity contribution in [3.05, 3.63) is 88.3 Å². The third-order valence-electron chi connectivity index (χ3n) is 6.67. The first kappa shape index (κ1) is 25.7. The molecule has 0 aliphatic carbocycles. The molecule has 11 heteroatoms. The van der Waals surface area contributed by atoms with E-state index in [2.05, 4.69) is 4.98 Å². The predicted molar refractivity (Wildman–Crippen MR) is 151 cm³/mol. The number of amides is 1. The fourth-order valence-electron chi connectivity index (χ4n) is 4.80. The highest BCUT2D eigenvalue weighted by Gasteiger charge is 2.47. The van der Waals surface area contributed by atoms with Crippen LogP contribution in [0.4, 0.5) is 5.13 Å². The summed E-state index contributed by atoms with van der Waals surface area (Å²) in [5, 5.41) is 12.6. The molecule has 1 aliphatic rings. The lowest BCUT2D eigenvalue weighted by molar-refractivity contribution is -0.117. The molecule has 1 N–H and O–H groups in total. The lowest BCUT2D eigenvalue weighted by atomic mass is 9.95. The lowest BCUT2D eigenvalue weighted by Crippen LogP contribution is -2.31. The number of para-hydroxylation sites is 1. The molecule has 3 heterocycles. The minimum Gasteiger partial charge on any atom is -0.503 e. The number of Topliss-reactive ketones (excluding diaryl/α,β-unsaturated/α-hetero) is 1. The van der Waals surface area contributed by atoms with Gasteiger partial charge in [-0.3, -0.25) is 14.5 Å². The topological polar surface area (TPSA) is 111 Å². The van der Waals surface area contributed by atoms with Gasteiger partial charge in [-0.25, -0.2) is 4.98 Å². The highest BCUT2D eigenvalue weighted by atomic mass is 35.5. The van der Waals surface area contributed by atoms with Gasteiger partial charge in [-0.15, -0.1) is 0 Å². The molecule has 1 unspecified atom stereocenters. The van der Waals surface area contributed by atoms with Gasteiger partial charge >= 0.3 is 0 Å². The second kappa shape index (κ2) is 9.89. The number of thiazole rings is 1. The molecule has 1 aliphatic heterocycles. The zero-order valence-corrected chi connectivity index (χ0v) is 23.0. The minimum absolute atomic E-state index is 0.0581. The average Bonchev–Trinajstić information content (AvgIpc) is 3.66. The first-order chi connectivity index (χ1) is 19.3. The summed E-state index contributed by atoms with van der Waals surface area (Å²) in [7, 11) is 4.49. The number of hydrogen-bond donors (Lipinski definition) is 1. The van der Waals surface area contributed by atoms with E-state index in [1.165, 1.54) is 37.6 Å². The summed E-state index contributed by atoms with van der Waals surface area (Å²) in [4.78, 5) is 33.5. The lowest BCUT2D eigenvalue weighted by Gasteiger charge is -2.25. The van der Waals surface area contributed by atoms with E-state index >= 15 is 0 Å². The van der Waals surface area contributed by atoms with Crippen molar-refractivity contribution in [2.75, 3.05) is 26.2 Å². The molecule has 1 atom stereocenters. The number of rotatable bonds is 7. The molecule has 9 nitrogen and oxygen atoms in total. The maximum atomic E-state index is 14.0. The number of furan rings is 1. The second-order valence-corrected chi connectivity index (χ2v) is 10.3. The summed E-state index contributed by atoms with van der Waals surface area (Å²) in [6.07, 6.45) is 0. The molecule has 1 amide bonds. The Bertz CT molecular complexity index is 1860. The number of carbonyl (C=O) groups excluding carboxylic acids is 2. The van der Waals surface area contributed by atoms with Gasteiger partial charge in [-0.05, 0) is 48.0 Å². The summed E-state index contributed by atoms with van der Waals surface area (Å²) in [5.41, 5.74) is 1.32. The van der Waals surface area contributed by atoms with E-state index in [1.54, 1.807) is 60.7 Å². The molecule has 0 bridgehead atoms. The zero-order valence-electron chi connectivity index (χ0n) is 21.4. The minimum atomic E-state index is -1.05. The largest absolute Gasteiger partial charge is 0.503 e. The van der Waals surface area contributed by atoms with Gasteiger partial charge in [0.25, 0.3) is 5.91 Å². The molecule has 0 saturated heterocycles. The molecule has 3 aromatic carbocycles. The highest BCUT2D eigenvalue weighted by Crippen LogP contribution is 2.46. The fraction of sp³-hybridized carbons (Fsp3) is 0.138. The van der Waals surface area contributed by atoms with Crippen LogP contribution in [0.15, 0.2) is 76.4 Å². The van der Waals surface area contributed by atoms with Crippen molar-refractivity contribution in [1.29, 1.82) is 0 Å². The first-order valence-electron chi connectivity index (χ1n) is 12.0. The summed E-state index contributed by atoms with van der Waals surface area (Å²) in [6.45, 7) is 0. The van der Waals surface area contributed by atoms with Crippen LogP contribution in [-0.2, 0) is 4.79 Å². The van der Waals surface area contributed by atoms with Crippen LogP contribution in [0.3, 0.4) is 0 Å². The van der Waals surface area contributed by atoms with E-state index in [1.807, 2.05) is 0 Å². The second-order valence-electron chi connectivity index (χ2n) is 8.88. The van der Waals surface area contributed by atoms with Crippen LogP contribution < -0.4 is 19.1 Å². The predicted octanol–water partition coefficient (Wildman–Crippen LogP) is 6.50. The van der Waals surface area contributed by atoms with Crippen molar-refractivity contribution in [1.82, 2.24) is 4.98 Å². The Morgan fingerprint density at radius 1 is 1.00 bits per heavy atom. The third kappa shape index (κ3) is 4.04. The van der Waals surface area contributed by atoms with Crippen LogP contribution in [0.5, 0.6) is 17.2 Å². The van der Waals surface area contributed by atoms with Crippen LogP contribution in [0, 0.1) is 0 Å². The van der Waals surface area contributed by atoms with Crippen LogP contribution in [0.25, 0.3) is 21.2 Å². The van der Waals surface area contributed by atoms with Gasteiger partial charge in [0.2, 0.25) is 5.78 Å². The highest BCUT2D eigenvalue weighted by molar-refractivity contribution is 7.22. The first-order valence-corrected chi connectivity index (χ1v) is 13.2. The maximum Gasteiger partial charge on any atom is 0.296 e. The Kier molecular flexibility index (Phi) is 6.36. The molecule has 0 saturated carbocycles. The summed E-state index contributed by atoms with van der Waals surface area (Å²) in [5.74, 6) is -0.898. The van der Waals surface area contributed by atoms with Gasteiger partial charge in [-0.1, -0.05) is 41.1 Å². The molecule has 202 valence electrons. The van der Waals surface area contributed by atoms with Gasteiger partial charge in [0.1, 0.15) is 0 Å². The molecule has 0 fully saturated rings. The number of aliphatic hydroxyl groups excluding tert-OH is 1. The molecular weight excluding hydrogens is 556 g/mol. The van der Waals surface area contributed by atoms with E-state index in [-0.39, 0.29) is 16.5 Å². The molecular formula is C29H21ClN2O7S. The van der Waals surface area contributed by atoms with Crippen LogP contribution in [0.2, 0.25) is 5.02 Å². The average molecular weight is 577 g/mol. The molecule has 5 aromatic rings. The number of aromatic nitrogens is 1. The number of ketones is 1. The van der Waals surface area contributed by atoms with E-state index in [0.29, 0.717) is 44.3 Å². The van der Waals surface area contributed by atoms with Crippen molar-refractivity contribution in [2.45, 2.75) is 6.04 Å². The van der Waals surface area contributed by atoms with E-state index in [4.69, 9.17) is 30.2 Å². The number of aliphatic hydroxyl groups is 1. The molecule has 2 aromatic heterocycles. The number of benzene rings is 3. The van der Waals surface area contributed by atoms with Gasteiger partial charge in [0.05, 0.1) is 43.2 Å². The summed E-state index contributed by atoms with van der Waals surface area (Å²) in [6, 6.07) is 16.0. The Hall–Kier alpha value is -4.54. The van der Waals surface area contributed by atoms with Gasteiger partial charge in [-0.2, -0.15) is 0 Å². The number of nitrogens with zero attached hydrogens (tertiary/aromatic N) is 2. The number of methoxy groups -OCH3 is 3. The molecule has 40 heavy (non-hydrogen) atoms. The maximum absolute atomic E-state index is 14.0.